The molecule has 0 bridgehead atoms. The van der Waals surface area contributed by atoms with Gasteiger partial charge in [-0.15, -0.1) is 11.3 Å². The first kappa shape index (κ1) is 22.2. The number of amides is 1. The van der Waals surface area contributed by atoms with Crippen molar-refractivity contribution in [2.24, 2.45) is 4.99 Å². The molecule has 1 N–H and O–H groups in total. The summed E-state index contributed by atoms with van der Waals surface area (Å²) < 4.78 is 14.9. The number of aryl methyl sites for hydroxylation is 3. The van der Waals surface area contributed by atoms with Crippen molar-refractivity contribution in [1.29, 1.82) is 0 Å². The lowest BCUT2D eigenvalue weighted by molar-refractivity contribution is -0.113. The molecule has 0 radical (unpaired) electrons. The molecule has 32 heavy (non-hydrogen) atoms. The van der Waals surface area contributed by atoms with Gasteiger partial charge in [-0.05, 0) is 67.8 Å². The molecule has 0 aliphatic rings. The maximum atomic E-state index is 13.0. The summed E-state index contributed by atoms with van der Waals surface area (Å²) in [6.07, 6.45) is 1.71. The number of benzene rings is 3. The number of thiazole rings is 1. The van der Waals surface area contributed by atoms with E-state index in [0.717, 1.165) is 42.6 Å². The van der Waals surface area contributed by atoms with E-state index >= 15 is 0 Å². The number of anilines is 1. The Hall–Kier alpha value is -3.03. The minimum Gasteiger partial charge on any atom is -0.325 e. The number of carbonyl (C=O) groups is 1. The highest BCUT2D eigenvalue weighted by Gasteiger charge is 2.11. The highest BCUT2D eigenvalue weighted by atomic mass is 32.2. The minimum atomic E-state index is -0.268. The van der Waals surface area contributed by atoms with Gasteiger partial charge in [0.15, 0.2) is 4.34 Å². The first-order chi connectivity index (χ1) is 15.4. The summed E-state index contributed by atoms with van der Waals surface area (Å²) in [6.45, 7) is 6.06. The average Bonchev–Trinajstić information content (AvgIpc) is 3.16. The maximum absolute atomic E-state index is 13.0. The molecule has 0 aliphatic carbocycles. The lowest BCUT2D eigenvalue weighted by Gasteiger charge is -2.12. The van der Waals surface area contributed by atoms with Crippen LogP contribution >= 0.6 is 23.1 Å². The number of nitrogens with zero attached hydrogens (tertiary/aromatic N) is 2. The number of thioether (sulfide) groups is 1. The fraction of sp³-hybridized carbons (Fsp3) is 0.160. The van der Waals surface area contributed by atoms with Crippen molar-refractivity contribution >= 4 is 56.8 Å². The Morgan fingerprint density at radius 2 is 1.81 bits per heavy atom. The van der Waals surface area contributed by atoms with Crippen LogP contribution < -0.4 is 5.32 Å². The Morgan fingerprint density at radius 1 is 1.09 bits per heavy atom. The summed E-state index contributed by atoms with van der Waals surface area (Å²) in [7, 11) is 0. The van der Waals surface area contributed by atoms with E-state index in [1.807, 2.05) is 39.0 Å². The van der Waals surface area contributed by atoms with E-state index in [1.165, 1.54) is 40.8 Å². The zero-order valence-corrected chi connectivity index (χ0v) is 19.6. The van der Waals surface area contributed by atoms with Crippen LogP contribution in [0.5, 0.6) is 0 Å². The smallest absolute Gasteiger partial charge is 0.234 e. The maximum Gasteiger partial charge on any atom is 0.234 e. The van der Waals surface area contributed by atoms with Crippen molar-refractivity contribution in [3.05, 3.63) is 82.7 Å². The number of halogens is 1. The molecule has 0 saturated heterocycles. The first-order valence-electron chi connectivity index (χ1n) is 10.1. The number of nitrogens with one attached hydrogen (secondary N) is 1. The monoisotopic (exact) mass is 463 g/mol. The molecule has 0 aliphatic heterocycles. The first-order valence-corrected chi connectivity index (χ1v) is 11.9. The van der Waals surface area contributed by atoms with Gasteiger partial charge in [-0.2, -0.15) is 0 Å². The van der Waals surface area contributed by atoms with Crippen molar-refractivity contribution in [3.63, 3.8) is 0 Å². The van der Waals surface area contributed by atoms with Gasteiger partial charge in [-0.1, -0.05) is 41.6 Å². The molecule has 0 unspecified atom stereocenters. The molecule has 4 nitrogen and oxygen atoms in total. The quantitative estimate of drug-likeness (QED) is 0.251. The molecule has 0 fully saturated rings. The van der Waals surface area contributed by atoms with E-state index in [9.17, 15) is 9.18 Å². The largest absolute Gasteiger partial charge is 0.325 e. The summed E-state index contributed by atoms with van der Waals surface area (Å²) in [4.78, 5) is 21.6. The number of carbonyl (C=O) groups excluding carboxylic acids is 1. The Kier molecular flexibility index (Phi) is 6.67. The highest BCUT2D eigenvalue weighted by molar-refractivity contribution is 8.01. The molecule has 0 spiro atoms. The summed E-state index contributed by atoms with van der Waals surface area (Å²) in [5, 5.41) is 3.03. The molecule has 4 rings (SSSR count). The summed E-state index contributed by atoms with van der Waals surface area (Å²) in [6, 6.07) is 16.1. The second-order valence-electron chi connectivity index (χ2n) is 7.55. The third kappa shape index (κ3) is 5.41. The molecule has 162 valence electrons. The third-order valence-corrected chi connectivity index (χ3v) is 7.01. The van der Waals surface area contributed by atoms with Crippen molar-refractivity contribution < 1.29 is 9.18 Å². The molecular weight excluding hydrogens is 441 g/mol. The summed E-state index contributed by atoms with van der Waals surface area (Å²) >= 11 is 2.97. The van der Waals surface area contributed by atoms with E-state index < -0.39 is 0 Å². The molecule has 0 atom stereocenters. The van der Waals surface area contributed by atoms with Crippen LogP contribution in [0.4, 0.5) is 15.8 Å². The van der Waals surface area contributed by atoms with Crippen molar-refractivity contribution in [2.75, 3.05) is 11.1 Å². The lowest BCUT2D eigenvalue weighted by Crippen LogP contribution is -2.15. The standard InChI is InChI=1S/C25H22FN3OS2/c1-15-10-16(2)24(17(3)11-15)29-23(30)14-31-25-28-21-9-8-20(12-22(21)32-25)27-13-18-4-6-19(26)7-5-18/h4-13H,14H2,1-3H3,(H,29,30). The zero-order valence-electron chi connectivity index (χ0n) is 18.0. The predicted molar refractivity (Wildman–Crippen MR) is 133 cm³/mol. The van der Waals surface area contributed by atoms with Crippen LogP contribution in [0.25, 0.3) is 10.2 Å². The van der Waals surface area contributed by atoms with E-state index in [4.69, 9.17) is 0 Å². The van der Waals surface area contributed by atoms with E-state index in [-0.39, 0.29) is 11.7 Å². The molecule has 1 heterocycles. The van der Waals surface area contributed by atoms with Gasteiger partial charge in [0.1, 0.15) is 5.82 Å². The van der Waals surface area contributed by atoms with Gasteiger partial charge < -0.3 is 5.32 Å². The van der Waals surface area contributed by atoms with Gasteiger partial charge in [-0.3, -0.25) is 9.79 Å². The van der Waals surface area contributed by atoms with Crippen LogP contribution in [0.3, 0.4) is 0 Å². The fourth-order valence-corrected chi connectivity index (χ4v) is 5.31. The molecule has 3 aromatic carbocycles. The number of hydrogen-bond acceptors (Lipinski definition) is 5. The summed E-state index contributed by atoms with van der Waals surface area (Å²) in [5.41, 5.74) is 6.70. The van der Waals surface area contributed by atoms with Gasteiger partial charge in [0.2, 0.25) is 5.91 Å². The van der Waals surface area contributed by atoms with E-state index in [2.05, 4.69) is 27.4 Å². The Morgan fingerprint density at radius 3 is 2.53 bits per heavy atom. The molecule has 0 saturated carbocycles. The normalized spacial score (nSPS) is 11.4. The van der Waals surface area contributed by atoms with Gasteiger partial charge in [0.05, 0.1) is 21.7 Å². The number of rotatable bonds is 6. The number of aliphatic imine (C=N–C) groups is 1. The van der Waals surface area contributed by atoms with Crippen molar-refractivity contribution in [3.8, 4) is 0 Å². The average molecular weight is 464 g/mol. The SMILES string of the molecule is Cc1cc(C)c(NC(=O)CSc2nc3ccc(N=Cc4ccc(F)cc4)cc3s2)c(C)c1. The Balaban J connectivity index is 1.41. The second kappa shape index (κ2) is 9.63. The van der Waals surface area contributed by atoms with Crippen LogP contribution in [0.1, 0.15) is 22.3 Å². The molecule has 7 heteroatoms. The van der Waals surface area contributed by atoms with Crippen LogP contribution in [0.2, 0.25) is 0 Å². The lowest BCUT2D eigenvalue weighted by atomic mass is 10.1. The van der Waals surface area contributed by atoms with Crippen LogP contribution in [0.15, 0.2) is 63.9 Å². The van der Waals surface area contributed by atoms with Crippen molar-refractivity contribution in [2.45, 2.75) is 25.1 Å². The summed E-state index contributed by atoms with van der Waals surface area (Å²) in [5.74, 6) is -0.0210. The number of aromatic nitrogens is 1. The fourth-order valence-electron chi connectivity index (χ4n) is 3.41. The zero-order chi connectivity index (χ0) is 22.7. The number of fused-ring (bicyclic) bond motifs is 1. The minimum absolute atomic E-state index is 0.0473. The number of hydrogen-bond donors (Lipinski definition) is 1. The van der Waals surface area contributed by atoms with E-state index in [1.54, 1.807) is 18.3 Å². The molecule has 1 amide bonds. The van der Waals surface area contributed by atoms with Crippen molar-refractivity contribution in [1.82, 2.24) is 4.98 Å². The van der Waals surface area contributed by atoms with Gasteiger partial charge >= 0.3 is 0 Å². The van der Waals surface area contributed by atoms with Crippen LogP contribution in [0, 0.1) is 26.6 Å². The van der Waals surface area contributed by atoms with Crippen LogP contribution in [-0.4, -0.2) is 22.9 Å². The van der Waals surface area contributed by atoms with Gasteiger partial charge in [-0.25, -0.2) is 9.37 Å². The molecular formula is C25H22FN3OS2. The Labute approximate surface area is 194 Å². The van der Waals surface area contributed by atoms with Gasteiger partial charge in [0, 0.05) is 11.9 Å². The second-order valence-corrected chi connectivity index (χ2v) is 9.81. The Bertz CT molecular complexity index is 1290. The topological polar surface area (TPSA) is 54.4 Å². The molecule has 1 aromatic heterocycles. The predicted octanol–water partition coefficient (Wildman–Crippen LogP) is 6.84. The highest BCUT2D eigenvalue weighted by Crippen LogP contribution is 2.32. The van der Waals surface area contributed by atoms with Gasteiger partial charge in [0.25, 0.3) is 0 Å². The third-order valence-electron chi connectivity index (χ3n) is 4.85. The molecule has 4 aromatic rings. The van der Waals surface area contributed by atoms with Crippen LogP contribution in [-0.2, 0) is 4.79 Å². The van der Waals surface area contributed by atoms with E-state index in [0.29, 0.717) is 5.75 Å².